The monoisotopic (exact) mass is 354 g/mol. The summed E-state index contributed by atoms with van der Waals surface area (Å²) in [5, 5.41) is 4.24. The number of para-hydroxylation sites is 2. The van der Waals surface area contributed by atoms with Gasteiger partial charge in [0.2, 0.25) is 5.91 Å². The van der Waals surface area contributed by atoms with E-state index in [1.54, 1.807) is 18.2 Å². The highest BCUT2D eigenvalue weighted by atomic mass is 32.2. The Kier molecular flexibility index (Phi) is 5.34. The second-order valence-electron chi connectivity index (χ2n) is 5.78. The summed E-state index contributed by atoms with van der Waals surface area (Å²) in [4.78, 5) is 17.2. The summed E-state index contributed by atoms with van der Waals surface area (Å²) in [6.07, 6.45) is 0.624. The Balaban J connectivity index is 1.80. The van der Waals surface area contributed by atoms with Crippen molar-refractivity contribution in [2.75, 3.05) is 5.32 Å². The summed E-state index contributed by atoms with van der Waals surface area (Å²) in [5.41, 5.74) is 2.24. The Morgan fingerprint density at radius 3 is 2.68 bits per heavy atom. The number of hydrogen-bond donors (Lipinski definition) is 1. The van der Waals surface area contributed by atoms with Crippen LogP contribution in [0.1, 0.15) is 18.9 Å². The van der Waals surface area contributed by atoms with Crippen LogP contribution in [0.25, 0.3) is 10.9 Å². The fourth-order valence-electron chi connectivity index (χ4n) is 2.62. The molecule has 128 valence electrons. The maximum atomic E-state index is 13.7. The molecule has 1 amide bonds. The van der Waals surface area contributed by atoms with Gasteiger partial charge in [-0.25, -0.2) is 9.37 Å². The van der Waals surface area contributed by atoms with E-state index in [0.717, 1.165) is 21.5 Å². The molecule has 1 atom stereocenters. The van der Waals surface area contributed by atoms with Crippen LogP contribution in [-0.4, -0.2) is 16.1 Å². The van der Waals surface area contributed by atoms with Crippen molar-refractivity contribution in [3.05, 3.63) is 66.0 Å². The van der Waals surface area contributed by atoms with E-state index in [2.05, 4.69) is 10.3 Å². The predicted molar refractivity (Wildman–Crippen MR) is 101 cm³/mol. The molecule has 0 aliphatic heterocycles. The molecule has 0 radical (unpaired) electrons. The lowest BCUT2D eigenvalue weighted by molar-refractivity contribution is -0.115. The molecule has 1 heterocycles. The maximum Gasteiger partial charge on any atom is 0.237 e. The van der Waals surface area contributed by atoms with Gasteiger partial charge >= 0.3 is 0 Å². The fraction of sp³-hybridized carbons (Fsp3) is 0.200. The molecule has 2 aromatic carbocycles. The highest BCUT2D eigenvalue weighted by Crippen LogP contribution is 2.29. The quantitative estimate of drug-likeness (QED) is 0.641. The van der Waals surface area contributed by atoms with Gasteiger partial charge in [0.1, 0.15) is 5.82 Å². The van der Waals surface area contributed by atoms with Gasteiger partial charge in [-0.3, -0.25) is 4.79 Å². The molecule has 1 N–H and O–H groups in total. The minimum atomic E-state index is -0.435. The molecule has 1 unspecified atom stereocenters. The number of halogens is 1. The first kappa shape index (κ1) is 17.4. The molecule has 1 aromatic heterocycles. The van der Waals surface area contributed by atoms with E-state index >= 15 is 0 Å². The summed E-state index contributed by atoms with van der Waals surface area (Å²) < 4.78 is 13.7. The maximum absolute atomic E-state index is 13.7. The minimum absolute atomic E-state index is 0.203. The molecule has 0 aliphatic rings. The average molecular weight is 354 g/mol. The van der Waals surface area contributed by atoms with E-state index in [4.69, 9.17) is 0 Å². The van der Waals surface area contributed by atoms with Gasteiger partial charge in [0.15, 0.2) is 0 Å². The molecule has 0 bridgehead atoms. The van der Waals surface area contributed by atoms with Gasteiger partial charge in [0.05, 0.1) is 21.5 Å². The van der Waals surface area contributed by atoms with E-state index in [1.807, 2.05) is 44.2 Å². The van der Waals surface area contributed by atoms with Crippen molar-refractivity contribution in [3.8, 4) is 0 Å². The summed E-state index contributed by atoms with van der Waals surface area (Å²) in [7, 11) is 0. The highest BCUT2D eigenvalue weighted by molar-refractivity contribution is 8.00. The van der Waals surface area contributed by atoms with Gasteiger partial charge in [-0.2, -0.15) is 0 Å². The number of amides is 1. The van der Waals surface area contributed by atoms with Crippen molar-refractivity contribution in [2.24, 2.45) is 0 Å². The average Bonchev–Trinajstić information content (AvgIpc) is 2.61. The minimum Gasteiger partial charge on any atom is -0.323 e. The van der Waals surface area contributed by atoms with E-state index in [0.29, 0.717) is 6.42 Å². The van der Waals surface area contributed by atoms with Gasteiger partial charge < -0.3 is 5.32 Å². The lowest BCUT2D eigenvalue weighted by Crippen LogP contribution is -2.25. The Hall–Kier alpha value is -2.40. The number of nitrogens with one attached hydrogen (secondary N) is 1. The summed E-state index contributed by atoms with van der Waals surface area (Å²) >= 11 is 1.41. The summed E-state index contributed by atoms with van der Waals surface area (Å²) in [6, 6.07) is 16.1. The zero-order chi connectivity index (χ0) is 17.8. The Labute approximate surface area is 150 Å². The summed E-state index contributed by atoms with van der Waals surface area (Å²) in [5.74, 6) is -0.652. The van der Waals surface area contributed by atoms with Gasteiger partial charge in [-0.05, 0) is 43.2 Å². The standard InChI is InChI=1S/C20H19FN2OS/c1-3-18(20(24)23-17-11-7-5-9-15(17)21)25-19-12-13(2)14-8-4-6-10-16(14)22-19/h4-12,18H,3H2,1-2H3,(H,23,24). The second-order valence-corrected chi connectivity index (χ2v) is 7.00. The van der Waals surface area contributed by atoms with Crippen LogP contribution in [-0.2, 0) is 4.79 Å². The molecule has 0 saturated heterocycles. The zero-order valence-corrected chi connectivity index (χ0v) is 14.9. The molecule has 3 rings (SSSR count). The Morgan fingerprint density at radius 2 is 1.92 bits per heavy atom. The van der Waals surface area contributed by atoms with Gasteiger partial charge in [0, 0.05) is 5.39 Å². The molecule has 5 heteroatoms. The van der Waals surface area contributed by atoms with Crippen LogP contribution < -0.4 is 5.32 Å². The van der Waals surface area contributed by atoms with Crippen LogP contribution in [0.3, 0.4) is 0 Å². The number of fused-ring (bicyclic) bond motifs is 1. The third-order valence-corrected chi connectivity index (χ3v) is 5.24. The van der Waals surface area contributed by atoms with Crippen molar-refractivity contribution in [1.29, 1.82) is 0 Å². The number of nitrogens with zero attached hydrogens (tertiary/aromatic N) is 1. The van der Waals surface area contributed by atoms with Crippen LogP contribution in [0.15, 0.2) is 59.6 Å². The zero-order valence-electron chi connectivity index (χ0n) is 14.1. The van der Waals surface area contributed by atoms with Crippen molar-refractivity contribution in [2.45, 2.75) is 30.5 Å². The number of carbonyl (C=O) groups is 1. The van der Waals surface area contributed by atoms with E-state index < -0.39 is 5.82 Å². The molecule has 0 aliphatic carbocycles. The number of anilines is 1. The van der Waals surface area contributed by atoms with Crippen LogP contribution in [0, 0.1) is 12.7 Å². The van der Waals surface area contributed by atoms with Crippen LogP contribution >= 0.6 is 11.8 Å². The molecule has 3 nitrogen and oxygen atoms in total. The number of benzene rings is 2. The fourth-order valence-corrected chi connectivity index (χ4v) is 3.64. The second kappa shape index (κ2) is 7.66. The lowest BCUT2D eigenvalue weighted by atomic mass is 10.1. The Morgan fingerprint density at radius 1 is 1.20 bits per heavy atom. The number of rotatable bonds is 5. The summed E-state index contributed by atoms with van der Waals surface area (Å²) in [6.45, 7) is 3.97. The van der Waals surface area contributed by atoms with E-state index in [1.165, 1.54) is 17.8 Å². The Bertz CT molecular complexity index is 913. The number of thioether (sulfide) groups is 1. The first-order chi connectivity index (χ1) is 12.1. The van der Waals surface area contributed by atoms with E-state index in [-0.39, 0.29) is 16.8 Å². The number of carbonyl (C=O) groups excluding carboxylic acids is 1. The molecule has 0 spiro atoms. The topological polar surface area (TPSA) is 42.0 Å². The molecule has 0 saturated carbocycles. The first-order valence-corrected chi connectivity index (χ1v) is 9.05. The van der Waals surface area contributed by atoms with Crippen molar-refractivity contribution in [3.63, 3.8) is 0 Å². The van der Waals surface area contributed by atoms with Crippen molar-refractivity contribution < 1.29 is 9.18 Å². The molecular formula is C20H19FN2OS. The van der Waals surface area contributed by atoms with Crippen LogP contribution in [0.2, 0.25) is 0 Å². The van der Waals surface area contributed by atoms with Crippen molar-refractivity contribution >= 4 is 34.3 Å². The van der Waals surface area contributed by atoms with Gasteiger partial charge in [-0.1, -0.05) is 49.0 Å². The number of hydrogen-bond acceptors (Lipinski definition) is 3. The number of aryl methyl sites for hydroxylation is 1. The third-order valence-electron chi connectivity index (χ3n) is 3.96. The van der Waals surface area contributed by atoms with Crippen molar-refractivity contribution in [1.82, 2.24) is 4.98 Å². The molecule has 25 heavy (non-hydrogen) atoms. The van der Waals surface area contributed by atoms with Gasteiger partial charge in [-0.15, -0.1) is 0 Å². The number of pyridine rings is 1. The normalized spacial score (nSPS) is 12.1. The predicted octanol–water partition coefficient (Wildman–Crippen LogP) is 5.19. The SMILES string of the molecule is CCC(Sc1cc(C)c2ccccc2n1)C(=O)Nc1ccccc1F. The molecule has 0 fully saturated rings. The smallest absolute Gasteiger partial charge is 0.237 e. The number of aromatic nitrogens is 1. The van der Waals surface area contributed by atoms with E-state index in [9.17, 15) is 9.18 Å². The highest BCUT2D eigenvalue weighted by Gasteiger charge is 2.20. The van der Waals surface area contributed by atoms with Crippen LogP contribution in [0.5, 0.6) is 0 Å². The lowest BCUT2D eigenvalue weighted by Gasteiger charge is -2.15. The first-order valence-electron chi connectivity index (χ1n) is 8.17. The largest absolute Gasteiger partial charge is 0.323 e. The third kappa shape index (κ3) is 3.99. The van der Waals surface area contributed by atoms with Gasteiger partial charge in [0.25, 0.3) is 0 Å². The van der Waals surface area contributed by atoms with Crippen LogP contribution in [0.4, 0.5) is 10.1 Å². The molecular weight excluding hydrogens is 335 g/mol. The molecule has 3 aromatic rings.